The maximum absolute atomic E-state index is 11.6. The third-order valence-corrected chi connectivity index (χ3v) is 3.41. The Morgan fingerprint density at radius 1 is 1.16 bits per heavy atom. The molecule has 0 unspecified atom stereocenters. The Bertz CT molecular complexity index is 638. The number of hydrogen-bond acceptors (Lipinski definition) is 2. The second kappa shape index (κ2) is 5.76. The second-order valence-electron chi connectivity index (χ2n) is 4.21. The smallest absolute Gasteiger partial charge is 0.163 e. The Kier molecular flexibility index (Phi) is 4.27. The largest absolute Gasteiger partial charge is 0.456 e. The lowest BCUT2D eigenvalue weighted by Crippen LogP contribution is -1.98. The van der Waals surface area contributed by atoms with Crippen LogP contribution in [0.1, 0.15) is 22.8 Å². The van der Waals surface area contributed by atoms with Crippen molar-refractivity contribution in [2.24, 2.45) is 0 Å². The van der Waals surface area contributed by atoms with E-state index in [-0.39, 0.29) is 5.78 Å². The molecular weight excluding hydrogens is 328 g/mol. The number of aryl methyl sites for hydroxylation is 1. The number of benzene rings is 2. The zero-order valence-electron chi connectivity index (χ0n) is 10.5. The number of hydrogen-bond donors (Lipinski definition) is 0. The van der Waals surface area contributed by atoms with Crippen LogP contribution in [0.2, 0.25) is 5.02 Å². The van der Waals surface area contributed by atoms with E-state index < -0.39 is 0 Å². The Morgan fingerprint density at radius 2 is 1.84 bits per heavy atom. The lowest BCUT2D eigenvalue weighted by Gasteiger charge is -2.12. The van der Waals surface area contributed by atoms with Crippen LogP contribution >= 0.6 is 27.5 Å². The van der Waals surface area contributed by atoms with Crippen molar-refractivity contribution < 1.29 is 9.53 Å². The van der Waals surface area contributed by atoms with Gasteiger partial charge >= 0.3 is 0 Å². The van der Waals surface area contributed by atoms with Crippen LogP contribution in [-0.4, -0.2) is 5.78 Å². The molecule has 0 aliphatic carbocycles. The summed E-state index contributed by atoms with van der Waals surface area (Å²) in [5.74, 6) is 1.19. The minimum absolute atomic E-state index is 0.0390. The number of halogens is 2. The SMILES string of the molecule is CC(=O)c1cc(Br)ccc1Oc1ccc(Cl)cc1C. The van der Waals surface area contributed by atoms with E-state index in [1.165, 1.54) is 6.92 Å². The molecule has 0 saturated heterocycles. The van der Waals surface area contributed by atoms with E-state index in [9.17, 15) is 4.79 Å². The Morgan fingerprint density at radius 3 is 2.47 bits per heavy atom. The highest BCUT2D eigenvalue weighted by molar-refractivity contribution is 9.10. The van der Waals surface area contributed by atoms with Crippen molar-refractivity contribution in [1.29, 1.82) is 0 Å². The number of carbonyl (C=O) groups excluding carboxylic acids is 1. The summed E-state index contributed by atoms with van der Waals surface area (Å²) in [6, 6.07) is 10.7. The maximum atomic E-state index is 11.6. The predicted octanol–water partition coefficient (Wildman–Crippen LogP) is 5.41. The van der Waals surface area contributed by atoms with Crippen LogP contribution in [0.5, 0.6) is 11.5 Å². The van der Waals surface area contributed by atoms with Gasteiger partial charge in [-0.3, -0.25) is 4.79 Å². The Labute approximate surface area is 125 Å². The fourth-order valence-corrected chi connectivity index (χ4v) is 2.30. The summed E-state index contributed by atoms with van der Waals surface area (Å²) in [4.78, 5) is 11.6. The van der Waals surface area contributed by atoms with Gasteiger partial charge in [-0.2, -0.15) is 0 Å². The van der Waals surface area contributed by atoms with Gasteiger partial charge in [-0.1, -0.05) is 27.5 Å². The van der Waals surface area contributed by atoms with Gasteiger partial charge in [0.1, 0.15) is 11.5 Å². The lowest BCUT2D eigenvalue weighted by atomic mass is 10.1. The van der Waals surface area contributed by atoms with E-state index in [1.807, 2.05) is 19.1 Å². The molecule has 0 N–H and O–H groups in total. The van der Waals surface area contributed by atoms with Crippen molar-refractivity contribution in [2.75, 3.05) is 0 Å². The predicted molar refractivity (Wildman–Crippen MR) is 80.4 cm³/mol. The first-order valence-electron chi connectivity index (χ1n) is 5.72. The van der Waals surface area contributed by atoms with Crippen LogP contribution < -0.4 is 4.74 Å². The van der Waals surface area contributed by atoms with Crippen LogP contribution in [0, 0.1) is 6.92 Å². The molecule has 2 nitrogen and oxygen atoms in total. The Balaban J connectivity index is 2.40. The van der Waals surface area contributed by atoms with E-state index in [2.05, 4.69) is 15.9 Å². The van der Waals surface area contributed by atoms with Crippen LogP contribution in [-0.2, 0) is 0 Å². The number of carbonyl (C=O) groups is 1. The normalized spacial score (nSPS) is 10.3. The third-order valence-electron chi connectivity index (χ3n) is 2.68. The number of Topliss-reactive ketones (excluding diaryl/α,β-unsaturated/α-hetero) is 1. The van der Waals surface area contributed by atoms with Crippen molar-refractivity contribution in [3.05, 3.63) is 57.0 Å². The lowest BCUT2D eigenvalue weighted by molar-refractivity contribution is 0.101. The summed E-state index contributed by atoms with van der Waals surface area (Å²) in [5, 5.41) is 0.660. The van der Waals surface area contributed by atoms with Gasteiger partial charge in [-0.05, 0) is 55.8 Å². The van der Waals surface area contributed by atoms with Gasteiger partial charge in [0.15, 0.2) is 5.78 Å². The highest BCUT2D eigenvalue weighted by Gasteiger charge is 2.11. The topological polar surface area (TPSA) is 26.3 Å². The summed E-state index contributed by atoms with van der Waals surface area (Å²) in [7, 11) is 0. The van der Waals surface area contributed by atoms with Crippen molar-refractivity contribution in [3.63, 3.8) is 0 Å². The van der Waals surface area contributed by atoms with Gasteiger partial charge in [0.2, 0.25) is 0 Å². The van der Waals surface area contributed by atoms with Crippen molar-refractivity contribution in [1.82, 2.24) is 0 Å². The minimum atomic E-state index is -0.0390. The fraction of sp³-hybridized carbons (Fsp3) is 0.133. The monoisotopic (exact) mass is 338 g/mol. The van der Waals surface area contributed by atoms with Crippen LogP contribution in [0.25, 0.3) is 0 Å². The Hall–Kier alpha value is -1.32. The summed E-state index contributed by atoms with van der Waals surface area (Å²) in [6.45, 7) is 3.43. The van der Waals surface area contributed by atoms with Crippen LogP contribution in [0.4, 0.5) is 0 Å². The zero-order valence-corrected chi connectivity index (χ0v) is 12.9. The van der Waals surface area contributed by atoms with Gasteiger partial charge in [0.05, 0.1) is 5.56 Å². The van der Waals surface area contributed by atoms with Gasteiger partial charge in [-0.15, -0.1) is 0 Å². The standard InChI is InChI=1S/C15H12BrClO2/c1-9-7-12(17)4-6-14(9)19-15-5-3-11(16)8-13(15)10(2)18/h3-8H,1-2H3. The molecule has 0 spiro atoms. The van der Waals surface area contributed by atoms with Crippen LogP contribution in [0.15, 0.2) is 40.9 Å². The average molecular weight is 340 g/mol. The fourth-order valence-electron chi connectivity index (χ4n) is 1.71. The van der Waals surface area contributed by atoms with E-state index in [0.717, 1.165) is 10.0 Å². The quantitative estimate of drug-likeness (QED) is 0.699. The molecule has 0 aromatic heterocycles. The van der Waals surface area contributed by atoms with E-state index in [0.29, 0.717) is 22.1 Å². The molecule has 0 radical (unpaired) electrons. The number of rotatable bonds is 3. The number of ketones is 1. The van der Waals surface area contributed by atoms with Crippen molar-refractivity contribution >= 4 is 33.3 Å². The molecule has 98 valence electrons. The highest BCUT2D eigenvalue weighted by atomic mass is 79.9. The average Bonchev–Trinajstić information content (AvgIpc) is 2.34. The van der Waals surface area contributed by atoms with E-state index >= 15 is 0 Å². The number of ether oxygens (including phenoxy) is 1. The maximum Gasteiger partial charge on any atom is 0.163 e. The summed E-state index contributed by atoms with van der Waals surface area (Å²) < 4.78 is 6.66. The summed E-state index contributed by atoms with van der Waals surface area (Å²) in [5.41, 5.74) is 1.47. The molecule has 0 amide bonds. The first-order chi connectivity index (χ1) is 8.97. The first-order valence-corrected chi connectivity index (χ1v) is 6.89. The molecule has 2 rings (SSSR count). The molecule has 2 aromatic rings. The van der Waals surface area contributed by atoms with Gasteiger partial charge in [0.25, 0.3) is 0 Å². The zero-order chi connectivity index (χ0) is 14.0. The van der Waals surface area contributed by atoms with Crippen molar-refractivity contribution in [3.8, 4) is 11.5 Å². The van der Waals surface area contributed by atoms with E-state index in [1.54, 1.807) is 24.3 Å². The molecule has 0 aliphatic rings. The molecule has 0 fully saturated rings. The minimum Gasteiger partial charge on any atom is -0.456 e. The van der Waals surface area contributed by atoms with Crippen LogP contribution in [0.3, 0.4) is 0 Å². The molecule has 2 aromatic carbocycles. The molecule has 0 heterocycles. The molecule has 0 aliphatic heterocycles. The second-order valence-corrected chi connectivity index (χ2v) is 5.56. The third kappa shape index (κ3) is 3.37. The molecule has 0 atom stereocenters. The molecule has 19 heavy (non-hydrogen) atoms. The molecule has 0 bridgehead atoms. The van der Waals surface area contributed by atoms with Gasteiger partial charge in [-0.25, -0.2) is 0 Å². The first kappa shape index (κ1) is 14.1. The summed E-state index contributed by atoms with van der Waals surface area (Å²) >= 11 is 9.26. The van der Waals surface area contributed by atoms with Crippen molar-refractivity contribution in [2.45, 2.75) is 13.8 Å². The van der Waals surface area contributed by atoms with E-state index in [4.69, 9.17) is 16.3 Å². The van der Waals surface area contributed by atoms with Gasteiger partial charge < -0.3 is 4.74 Å². The van der Waals surface area contributed by atoms with Gasteiger partial charge in [0, 0.05) is 9.50 Å². The highest BCUT2D eigenvalue weighted by Crippen LogP contribution is 2.31. The molecule has 0 saturated carbocycles. The summed E-state index contributed by atoms with van der Waals surface area (Å²) in [6.07, 6.45) is 0. The molecule has 4 heteroatoms. The molecular formula is C15H12BrClO2.